The van der Waals surface area contributed by atoms with Crippen LogP contribution in [0.1, 0.15) is 34.3 Å². The van der Waals surface area contributed by atoms with Gasteiger partial charge in [-0.15, -0.1) is 0 Å². The summed E-state index contributed by atoms with van der Waals surface area (Å²) in [5, 5.41) is 0.197. The minimum Gasteiger partial charge on any atom is -0.360 e. The number of amides is 1. The molecular formula is C26H22FN3O2. The Bertz CT molecular complexity index is 1380. The second-order valence-corrected chi connectivity index (χ2v) is 8.28. The van der Waals surface area contributed by atoms with Crippen LogP contribution in [0.25, 0.3) is 22.0 Å². The zero-order chi connectivity index (χ0) is 22.2. The highest BCUT2D eigenvalue weighted by atomic mass is 19.1. The molecule has 2 aromatic carbocycles. The van der Waals surface area contributed by atoms with Crippen molar-refractivity contribution in [2.45, 2.75) is 32.4 Å². The molecule has 0 bridgehead atoms. The maximum Gasteiger partial charge on any atom is 0.259 e. The topological polar surface area (TPSA) is 66.1 Å². The van der Waals surface area contributed by atoms with E-state index >= 15 is 0 Å². The summed E-state index contributed by atoms with van der Waals surface area (Å²) >= 11 is 0. The number of pyridine rings is 2. The quantitative estimate of drug-likeness (QED) is 0.496. The van der Waals surface area contributed by atoms with Crippen LogP contribution in [0, 0.1) is 12.7 Å². The van der Waals surface area contributed by atoms with Crippen molar-refractivity contribution in [1.82, 2.24) is 14.9 Å². The number of nitrogens with one attached hydrogen (secondary N) is 1. The van der Waals surface area contributed by atoms with Crippen molar-refractivity contribution in [2.24, 2.45) is 0 Å². The lowest BCUT2D eigenvalue weighted by molar-refractivity contribution is 0.0728. The number of rotatable bonds is 5. The van der Waals surface area contributed by atoms with E-state index in [1.807, 2.05) is 36.4 Å². The van der Waals surface area contributed by atoms with Gasteiger partial charge in [0.05, 0.1) is 5.52 Å². The summed E-state index contributed by atoms with van der Waals surface area (Å²) in [4.78, 5) is 35.4. The van der Waals surface area contributed by atoms with Crippen molar-refractivity contribution < 1.29 is 9.18 Å². The summed E-state index contributed by atoms with van der Waals surface area (Å²) in [6.07, 6.45) is 6.81. The van der Waals surface area contributed by atoms with Crippen molar-refractivity contribution in [3.8, 4) is 11.1 Å². The zero-order valence-electron chi connectivity index (χ0n) is 17.6. The van der Waals surface area contributed by atoms with Gasteiger partial charge in [-0.3, -0.25) is 14.6 Å². The van der Waals surface area contributed by atoms with Gasteiger partial charge in [0.1, 0.15) is 11.4 Å². The lowest BCUT2D eigenvalue weighted by Crippen LogP contribution is -2.35. The Kier molecular flexibility index (Phi) is 5.05. The molecular weight excluding hydrogens is 405 g/mol. The van der Waals surface area contributed by atoms with E-state index in [9.17, 15) is 14.0 Å². The highest BCUT2D eigenvalue weighted by Crippen LogP contribution is 2.30. The lowest BCUT2D eigenvalue weighted by atomic mass is 10.0. The number of carbonyl (C=O) groups is 1. The molecule has 1 aliphatic rings. The number of H-pyrrole nitrogens is 1. The van der Waals surface area contributed by atoms with Gasteiger partial charge >= 0.3 is 0 Å². The predicted molar refractivity (Wildman–Crippen MR) is 122 cm³/mol. The van der Waals surface area contributed by atoms with Gasteiger partial charge in [0.15, 0.2) is 0 Å². The Labute approximate surface area is 184 Å². The van der Waals surface area contributed by atoms with E-state index in [0.29, 0.717) is 17.6 Å². The van der Waals surface area contributed by atoms with Gasteiger partial charge in [0, 0.05) is 36.6 Å². The molecule has 2 aromatic heterocycles. The summed E-state index contributed by atoms with van der Waals surface area (Å²) in [5.41, 5.74) is 3.78. The second-order valence-electron chi connectivity index (χ2n) is 8.28. The molecule has 1 fully saturated rings. The zero-order valence-corrected chi connectivity index (χ0v) is 17.6. The second kappa shape index (κ2) is 8.04. The molecule has 1 saturated carbocycles. The molecule has 32 heavy (non-hydrogen) atoms. The number of aromatic amines is 1. The van der Waals surface area contributed by atoms with Gasteiger partial charge in [-0.05, 0) is 66.3 Å². The third-order valence-corrected chi connectivity index (χ3v) is 5.90. The summed E-state index contributed by atoms with van der Waals surface area (Å²) in [7, 11) is 0. The molecule has 160 valence electrons. The molecule has 0 radical (unpaired) electrons. The number of hydrogen-bond acceptors (Lipinski definition) is 3. The molecule has 5 nitrogen and oxygen atoms in total. The maximum atomic E-state index is 13.9. The highest BCUT2D eigenvalue weighted by molar-refractivity contribution is 5.97. The minimum atomic E-state index is -0.489. The molecule has 1 amide bonds. The van der Waals surface area contributed by atoms with E-state index in [0.717, 1.165) is 29.5 Å². The smallest absolute Gasteiger partial charge is 0.259 e. The molecule has 1 aliphatic carbocycles. The van der Waals surface area contributed by atoms with Gasteiger partial charge in [-0.25, -0.2) is 4.39 Å². The molecule has 2 heterocycles. The largest absolute Gasteiger partial charge is 0.360 e. The van der Waals surface area contributed by atoms with Crippen LogP contribution >= 0.6 is 0 Å². The maximum absolute atomic E-state index is 13.9. The number of benzene rings is 2. The number of fused-ring (bicyclic) bond motifs is 1. The van der Waals surface area contributed by atoms with Crippen molar-refractivity contribution in [1.29, 1.82) is 0 Å². The van der Waals surface area contributed by atoms with Crippen LogP contribution < -0.4 is 5.43 Å². The Hall–Kier alpha value is -3.80. The van der Waals surface area contributed by atoms with Crippen LogP contribution in [0.2, 0.25) is 0 Å². The Morgan fingerprint density at radius 2 is 1.97 bits per heavy atom. The van der Waals surface area contributed by atoms with Crippen LogP contribution in [0.5, 0.6) is 0 Å². The van der Waals surface area contributed by atoms with Crippen molar-refractivity contribution in [3.05, 3.63) is 99.9 Å². The van der Waals surface area contributed by atoms with Crippen LogP contribution in [-0.2, 0) is 6.54 Å². The Morgan fingerprint density at radius 1 is 1.16 bits per heavy atom. The van der Waals surface area contributed by atoms with Crippen LogP contribution in [0.15, 0.2) is 71.9 Å². The van der Waals surface area contributed by atoms with Gasteiger partial charge in [0.25, 0.3) is 5.91 Å². The first kappa shape index (κ1) is 20.1. The average Bonchev–Trinajstić information content (AvgIpc) is 3.64. The van der Waals surface area contributed by atoms with E-state index in [2.05, 4.69) is 9.97 Å². The number of carbonyl (C=O) groups excluding carboxylic acids is 1. The van der Waals surface area contributed by atoms with Crippen LogP contribution in [-0.4, -0.2) is 26.8 Å². The first-order valence-electron chi connectivity index (χ1n) is 10.6. The number of halogens is 1. The molecule has 5 rings (SSSR count). The normalized spacial score (nSPS) is 13.3. The number of nitrogens with zero attached hydrogens (tertiary/aromatic N) is 2. The standard InChI is InChI=1S/C26H22FN3O2/c1-16-10-20(27)12-22-24(16)29-14-23(25(22)31)26(32)30(21-7-8-21)15-17-4-2-5-18(11-17)19-6-3-9-28-13-19/h2-6,9-14,21H,7-8,15H2,1H3,(H,29,31). The minimum absolute atomic E-state index is 0.0396. The van der Waals surface area contributed by atoms with Crippen LogP contribution in [0.4, 0.5) is 4.39 Å². The van der Waals surface area contributed by atoms with Gasteiger partial charge < -0.3 is 9.88 Å². The van der Waals surface area contributed by atoms with E-state index < -0.39 is 11.2 Å². The molecule has 4 aromatic rings. The molecule has 0 spiro atoms. The first-order chi connectivity index (χ1) is 15.5. The average molecular weight is 427 g/mol. The van der Waals surface area contributed by atoms with E-state index in [1.165, 1.54) is 18.3 Å². The molecule has 0 unspecified atom stereocenters. The summed E-state index contributed by atoms with van der Waals surface area (Å²) in [6, 6.07) is 14.5. The first-order valence-corrected chi connectivity index (χ1v) is 10.6. The summed E-state index contributed by atoms with van der Waals surface area (Å²) < 4.78 is 13.9. The van der Waals surface area contributed by atoms with Crippen LogP contribution in [0.3, 0.4) is 0 Å². The summed E-state index contributed by atoms with van der Waals surface area (Å²) in [6.45, 7) is 2.13. The fraction of sp³-hybridized carbons (Fsp3) is 0.192. The fourth-order valence-electron chi connectivity index (χ4n) is 4.11. The van der Waals surface area contributed by atoms with E-state index in [1.54, 1.807) is 24.2 Å². The Balaban J connectivity index is 1.49. The molecule has 0 atom stereocenters. The van der Waals surface area contributed by atoms with Crippen molar-refractivity contribution >= 4 is 16.8 Å². The van der Waals surface area contributed by atoms with Gasteiger partial charge in [-0.1, -0.05) is 24.3 Å². The molecule has 6 heteroatoms. The number of aryl methyl sites for hydroxylation is 1. The molecule has 1 N–H and O–H groups in total. The number of aromatic nitrogens is 2. The lowest BCUT2D eigenvalue weighted by Gasteiger charge is -2.23. The number of hydrogen-bond donors (Lipinski definition) is 1. The van der Waals surface area contributed by atoms with E-state index in [4.69, 9.17) is 0 Å². The monoisotopic (exact) mass is 427 g/mol. The SMILES string of the molecule is Cc1cc(F)cc2c(=O)c(C(=O)N(Cc3cccc(-c4cccnc4)c3)C3CC3)c[nH]c12. The van der Waals surface area contributed by atoms with Crippen molar-refractivity contribution in [3.63, 3.8) is 0 Å². The Morgan fingerprint density at radius 3 is 2.72 bits per heavy atom. The highest BCUT2D eigenvalue weighted by Gasteiger charge is 2.34. The van der Waals surface area contributed by atoms with Crippen molar-refractivity contribution in [2.75, 3.05) is 0 Å². The molecule has 0 aliphatic heterocycles. The van der Waals surface area contributed by atoms with Gasteiger partial charge in [-0.2, -0.15) is 0 Å². The third kappa shape index (κ3) is 3.80. The third-order valence-electron chi connectivity index (χ3n) is 5.90. The summed E-state index contributed by atoms with van der Waals surface area (Å²) in [5.74, 6) is -0.819. The fourth-order valence-corrected chi connectivity index (χ4v) is 4.11. The van der Waals surface area contributed by atoms with E-state index in [-0.39, 0.29) is 22.9 Å². The predicted octanol–water partition coefficient (Wildman–Crippen LogP) is 4.84. The molecule has 0 saturated heterocycles. The van der Waals surface area contributed by atoms with Gasteiger partial charge in [0.2, 0.25) is 5.43 Å².